The van der Waals surface area contributed by atoms with Gasteiger partial charge in [-0.1, -0.05) is 18.2 Å². The van der Waals surface area contributed by atoms with Gasteiger partial charge in [-0.3, -0.25) is 9.69 Å². The van der Waals surface area contributed by atoms with Crippen LogP contribution >= 0.6 is 0 Å². The average molecular weight is 514 g/mol. The molecule has 0 aromatic heterocycles. The van der Waals surface area contributed by atoms with Crippen molar-refractivity contribution in [3.05, 3.63) is 83.4 Å². The second-order valence-electron chi connectivity index (χ2n) is 8.48. The van der Waals surface area contributed by atoms with Crippen LogP contribution in [0.2, 0.25) is 0 Å². The Bertz CT molecular complexity index is 1270. The van der Waals surface area contributed by atoms with Crippen LogP contribution in [0.5, 0.6) is 11.5 Å². The summed E-state index contributed by atoms with van der Waals surface area (Å²) in [5.74, 6) is 0.514. The van der Waals surface area contributed by atoms with E-state index in [1.165, 1.54) is 12.1 Å². The molecule has 4 rings (SSSR count). The summed E-state index contributed by atoms with van der Waals surface area (Å²) in [4.78, 5) is 29.5. The molecule has 1 aliphatic rings. The second-order valence-corrected chi connectivity index (χ2v) is 8.48. The molecule has 7 nitrogen and oxygen atoms in total. The number of nitrogens with zero attached hydrogens (tertiary/aromatic N) is 2. The van der Waals surface area contributed by atoms with Crippen LogP contribution in [0, 0.1) is 0 Å². The highest BCUT2D eigenvalue weighted by Crippen LogP contribution is 2.32. The molecule has 0 atom stereocenters. The van der Waals surface area contributed by atoms with Crippen molar-refractivity contribution in [2.75, 3.05) is 37.5 Å². The van der Waals surface area contributed by atoms with Crippen LogP contribution in [-0.4, -0.2) is 44.1 Å². The molecule has 3 aromatic rings. The molecule has 37 heavy (non-hydrogen) atoms. The van der Waals surface area contributed by atoms with Gasteiger partial charge in [-0.2, -0.15) is 13.2 Å². The van der Waals surface area contributed by atoms with Crippen LogP contribution in [0.25, 0.3) is 0 Å². The third-order valence-electron chi connectivity index (χ3n) is 5.99. The van der Waals surface area contributed by atoms with Gasteiger partial charge in [0, 0.05) is 31.3 Å². The molecule has 0 spiro atoms. The van der Waals surface area contributed by atoms with E-state index in [0.717, 1.165) is 17.7 Å². The monoisotopic (exact) mass is 513 g/mol. The SMILES string of the molecule is COc1cc(CN2CCCN(c3ccccc3NC(=O)c3cccc(C(F)(F)F)c3)C2=O)cc(OC)c1. The minimum Gasteiger partial charge on any atom is -0.497 e. The van der Waals surface area contributed by atoms with E-state index >= 15 is 0 Å². The van der Waals surface area contributed by atoms with Crippen LogP contribution in [-0.2, 0) is 12.7 Å². The van der Waals surface area contributed by atoms with E-state index in [9.17, 15) is 22.8 Å². The van der Waals surface area contributed by atoms with Crippen LogP contribution in [0.15, 0.2) is 66.7 Å². The number of amides is 3. The van der Waals surface area contributed by atoms with Crippen molar-refractivity contribution in [2.45, 2.75) is 19.1 Å². The van der Waals surface area contributed by atoms with Crippen molar-refractivity contribution in [3.63, 3.8) is 0 Å². The number of benzene rings is 3. The normalized spacial score (nSPS) is 13.9. The van der Waals surface area contributed by atoms with E-state index < -0.39 is 17.6 Å². The number of methoxy groups -OCH3 is 2. The van der Waals surface area contributed by atoms with Gasteiger partial charge in [0.25, 0.3) is 5.91 Å². The Morgan fingerprint density at radius 3 is 2.32 bits per heavy atom. The highest BCUT2D eigenvalue weighted by Gasteiger charge is 2.31. The number of carbonyl (C=O) groups excluding carboxylic acids is 2. The van der Waals surface area contributed by atoms with Crippen molar-refractivity contribution in [3.8, 4) is 11.5 Å². The van der Waals surface area contributed by atoms with Crippen LogP contribution in [0.3, 0.4) is 0 Å². The highest BCUT2D eigenvalue weighted by molar-refractivity contribution is 6.07. The predicted molar refractivity (Wildman–Crippen MR) is 133 cm³/mol. The van der Waals surface area contributed by atoms with Crippen molar-refractivity contribution in [1.29, 1.82) is 0 Å². The van der Waals surface area contributed by atoms with Crippen LogP contribution in [0.4, 0.5) is 29.3 Å². The summed E-state index contributed by atoms with van der Waals surface area (Å²) in [6.45, 7) is 1.28. The fourth-order valence-electron chi connectivity index (χ4n) is 4.18. The van der Waals surface area contributed by atoms with Crippen molar-refractivity contribution in [2.24, 2.45) is 0 Å². The Hall–Kier alpha value is -4.21. The molecule has 0 unspecified atom stereocenters. The Labute approximate surface area is 212 Å². The largest absolute Gasteiger partial charge is 0.497 e. The molecule has 10 heteroatoms. The number of alkyl halides is 3. The van der Waals surface area contributed by atoms with Gasteiger partial charge in [0.05, 0.1) is 31.2 Å². The fourth-order valence-corrected chi connectivity index (χ4v) is 4.18. The number of anilines is 2. The molecule has 3 aromatic carbocycles. The molecule has 1 fully saturated rings. The van der Waals surface area contributed by atoms with Crippen LogP contribution in [0.1, 0.15) is 27.9 Å². The van der Waals surface area contributed by atoms with Crippen molar-refractivity contribution in [1.82, 2.24) is 4.90 Å². The second kappa shape index (κ2) is 10.8. The number of halogens is 3. The Balaban J connectivity index is 1.55. The zero-order valence-electron chi connectivity index (χ0n) is 20.3. The first-order chi connectivity index (χ1) is 17.7. The van der Waals surface area contributed by atoms with E-state index in [4.69, 9.17) is 9.47 Å². The third-order valence-corrected chi connectivity index (χ3v) is 5.99. The lowest BCUT2D eigenvalue weighted by Gasteiger charge is -2.36. The van der Waals surface area contributed by atoms with E-state index in [-0.39, 0.29) is 11.6 Å². The topological polar surface area (TPSA) is 71.1 Å². The summed E-state index contributed by atoms with van der Waals surface area (Å²) in [6.07, 6.45) is -3.88. The van der Waals surface area contributed by atoms with Gasteiger partial charge in [-0.25, -0.2) is 4.79 Å². The summed E-state index contributed by atoms with van der Waals surface area (Å²) in [5.41, 5.74) is 0.564. The van der Waals surface area contributed by atoms with Gasteiger partial charge in [-0.15, -0.1) is 0 Å². The fraction of sp³-hybridized carbons (Fsp3) is 0.259. The lowest BCUT2D eigenvalue weighted by molar-refractivity contribution is -0.137. The molecule has 194 valence electrons. The average Bonchev–Trinajstić information content (AvgIpc) is 2.89. The molecule has 0 radical (unpaired) electrons. The van der Waals surface area contributed by atoms with Gasteiger partial charge in [0.15, 0.2) is 0 Å². The number of hydrogen-bond donors (Lipinski definition) is 1. The summed E-state index contributed by atoms with van der Waals surface area (Å²) >= 11 is 0. The molecule has 0 saturated carbocycles. The molecule has 1 N–H and O–H groups in total. The third kappa shape index (κ3) is 5.96. The zero-order chi connectivity index (χ0) is 26.6. The highest BCUT2D eigenvalue weighted by atomic mass is 19.4. The lowest BCUT2D eigenvalue weighted by Crippen LogP contribution is -2.49. The quantitative estimate of drug-likeness (QED) is 0.433. The van der Waals surface area contributed by atoms with E-state index in [1.54, 1.807) is 54.4 Å². The minimum absolute atomic E-state index is 0.136. The summed E-state index contributed by atoms with van der Waals surface area (Å²) in [6, 6.07) is 16.1. The predicted octanol–water partition coefficient (Wildman–Crippen LogP) is 5.81. The molecular weight excluding hydrogens is 487 g/mol. The van der Waals surface area contributed by atoms with Crippen LogP contribution < -0.4 is 19.7 Å². The van der Waals surface area contributed by atoms with Gasteiger partial charge in [0.2, 0.25) is 0 Å². The first kappa shape index (κ1) is 25.9. The molecule has 1 aliphatic heterocycles. The van der Waals surface area contributed by atoms with Gasteiger partial charge in [-0.05, 0) is 54.4 Å². The molecule has 1 saturated heterocycles. The molecule has 0 aliphatic carbocycles. The molecule has 3 amide bonds. The number of urea groups is 1. The minimum atomic E-state index is -4.56. The van der Waals surface area contributed by atoms with E-state index in [0.29, 0.717) is 48.9 Å². The summed E-state index contributed by atoms with van der Waals surface area (Å²) < 4.78 is 49.9. The van der Waals surface area contributed by atoms with Gasteiger partial charge < -0.3 is 19.7 Å². The summed E-state index contributed by atoms with van der Waals surface area (Å²) in [7, 11) is 3.11. The molecule has 0 bridgehead atoms. The van der Waals surface area contributed by atoms with E-state index in [1.807, 2.05) is 12.1 Å². The number of carbonyl (C=O) groups is 2. The number of nitrogens with one attached hydrogen (secondary N) is 1. The Morgan fingerprint density at radius 2 is 1.65 bits per heavy atom. The van der Waals surface area contributed by atoms with Crippen molar-refractivity contribution >= 4 is 23.3 Å². The maximum Gasteiger partial charge on any atom is 0.416 e. The molecule has 1 heterocycles. The number of ether oxygens (including phenoxy) is 2. The van der Waals surface area contributed by atoms with E-state index in [2.05, 4.69) is 5.32 Å². The van der Waals surface area contributed by atoms with Crippen molar-refractivity contribution < 1.29 is 32.2 Å². The number of para-hydroxylation sites is 2. The van der Waals surface area contributed by atoms with Gasteiger partial charge >= 0.3 is 12.2 Å². The molecular formula is C27H26F3N3O4. The van der Waals surface area contributed by atoms with Gasteiger partial charge in [0.1, 0.15) is 11.5 Å². The first-order valence-corrected chi connectivity index (χ1v) is 11.6. The number of hydrogen-bond acceptors (Lipinski definition) is 4. The Kier molecular flexibility index (Phi) is 7.56. The lowest BCUT2D eigenvalue weighted by atomic mass is 10.1. The number of rotatable bonds is 7. The summed E-state index contributed by atoms with van der Waals surface area (Å²) in [5, 5.41) is 2.67. The Morgan fingerprint density at radius 1 is 0.946 bits per heavy atom. The zero-order valence-corrected chi connectivity index (χ0v) is 20.3. The smallest absolute Gasteiger partial charge is 0.416 e. The first-order valence-electron chi connectivity index (χ1n) is 11.6. The maximum atomic E-state index is 13.5. The maximum absolute atomic E-state index is 13.5. The standard InChI is InChI=1S/C27H26F3N3O4/c1-36-21-13-18(14-22(16-21)37-2)17-32-11-6-12-33(26(32)35)24-10-4-3-9-23(24)31-25(34)19-7-5-8-20(15-19)27(28,29)30/h3-5,7-10,13-16H,6,11-12,17H2,1-2H3,(H,31,34).